The van der Waals surface area contributed by atoms with E-state index in [9.17, 15) is 26.3 Å². The lowest BCUT2D eigenvalue weighted by molar-refractivity contribution is -0.141. The summed E-state index contributed by atoms with van der Waals surface area (Å²) in [6.07, 6.45) is -6.59. The highest BCUT2D eigenvalue weighted by Crippen LogP contribution is 2.33. The zero-order valence-electron chi connectivity index (χ0n) is 17.2. The van der Waals surface area contributed by atoms with Gasteiger partial charge in [-0.3, -0.25) is 0 Å². The Morgan fingerprint density at radius 3 is 2.42 bits per heavy atom. The first-order valence-electron chi connectivity index (χ1n) is 10.1. The molecule has 0 spiro atoms. The summed E-state index contributed by atoms with van der Waals surface area (Å²) in [5, 5.41) is 3.65. The second kappa shape index (κ2) is 8.96. The first-order valence-corrected chi connectivity index (χ1v) is 10.1. The van der Waals surface area contributed by atoms with E-state index in [1.54, 1.807) is 0 Å². The predicted molar refractivity (Wildman–Crippen MR) is 102 cm³/mol. The van der Waals surface area contributed by atoms with Crippen LogP contribution in [0.5, 0.6) is 5.88 Å². The third-order valence-corrected chi connectivity index (χ3v) is 5.25. The molecule has 0 unspecified atom stereocenters. The van der Waals surface area contributed by atoms with E-state index in [1.165, 1.54) is 10.7 Å². The van der Waals surface area contributed by atoms with Crippen LogP contribution in [-0.4, -0.2) is 34.0 Å². The molecule has 1 aliphatic heterocycles. The van der Waals surface area contributed by atoms with Gasteiger partial charge in [0.2, 0.25) is 5.88 Å². The Kier molecular flexibility index (Phi) is 6.70. The van der Waals surface area contributed by atoms with Gasteiger partial charge in [0.15, 0.2) is 5.69 Å². The lowest BCUT2D eigenvalue weighted by Crippen LogP contribution is -2.45. The van der Waals surface area contributed by atoms with Crippen molar-refractivity contribution in [2.75, 3.05) is 18.0 Å². The number of aromatic nitrogens is 3. The third kappa shape index (κ3) is 5.62. The van der Waals surface area contributed by atoms with Crippen molar-refractivity contribution in [3.63, 3.8) is 0 Å². The molecule has 1 saturated heterocycles. The van der Waals surface area contributed by atoms with Gasteiger partial charge in [0.1, 0.15) is 11.9 Å². The average molecular weight is 450 g/mol. The minimum atomic E-state index is -4.56. The molecular formula is C20H24F6N4O. The van der Waals surface area contributed by atoms with Crippen LogP contribution < -0.4 is 9.64 Å². The zero-order chi connectivity index (χ0) is 22.8. The predicted octanol–water partition coefficient (Wildman–Crippen LogP) is 5.41. The molecule has 3 rings (SSSR count). The highest BCUT2D eigenvalue weighted by atomic mass is 19.4. The molecule has 0 aromatic carbocycles. The number of hydrogen-bond donors (Lipinski definition) is 0. The first kappa shape index (κ1) is 23.2. The van der Waals surface area contributed by atoms with Gasteiger partial charge < -0.3 is 9.64 Å². The van der Waals surface area contributed by atoms with Gasteiger partial charge in [-0.1, -0.05) is 20.3 Å². The lowest BCUT2D eigenvalue weighted by Gasteiger charge is -2.37. The van der Waals surface area contributed by atoms with Gasteiger partial charge in [-0.2, -0.15) is 31.4 Å². The van der Waals surface area contributed by atoms with E-state index in [2.05, 4.69) is 10.1 Å². The molecular weight excluding hydrogens is 426 g/mol. The summed E-state index contributed by atoms with van der Waals surface area (Å²) in [5.41, 5.74) is -1.80. The van der Waals surface area contributed by atoms with E-state index in [0.717, 1.165) is 24.8 Å². The summed E-state index contributed by atoms with van der Waals surface area (Å²) >= 11 is 0. The molecule has 0 aliphatic carbocycles. The van der Waals surface area contributed by atoms with Gasteiger partial charge >= 0.3 is 12.4 Å². The number of ether oxygens (including phenoxy) is 1. The second-order valence-corrected chi connectivity index (χ2v) is 7.71. The number of alkyl halides is 6. The van der Waals surface area contributed by atoms with Crippen LogP contribution in [0.15, 0.2) is 24.4 Å². The molecule has 172 valence electrons. The molecule has 2 aromatic rings. The fourth-order valence-corrected chi connectivity index (χ4v) is 3.50. The minimum absolute atomic E-state index is 0.0818. The van der Waals surface area contributed by atoms with E-state index in [4.69, 9.17) is 4.74 Å². The topological polar surface area (TPSA) is 43.2 Å². The molecule has 2 aromatic heterocycles. The monoisotopic (exact) mass is 450 g/mol. The Labute approximate surface area is 176 Å². The van der Waals surface area contributed by atoms with Crippen molar-refractivity contribution >= 4 is 5.82 Å². The van der Waals surface area contributed by atoms with Crippen molar-refractivity contribution in [1.29, 1.82) is 0 Å². The molecule has 5 nitrogen and oxygen atoms in total. The van der Waals surface area contributed by atoms with Crippen molar-refractivity contribution < 1.29 is 31.1 Å². The van der Waals surface area contributed by atoms with Crippen molar-refractivity contribution in [1.82, 2.24) is 14.8 Å². The summed E-state index contributed by atoms with van der Waals surface area (Å²) < 4.78 is 84.6. The number of rotatable bonds is 6. The summed E-state index contributed by atoms with van der Waals surface area (Å²) in [5.74, 6) is 0.422. The molecule has 0 saturated carbocycles. The number of nitrogens with zero attached hydrogens (tertiary/aromatic N) is 4. The number of anilines is 1. The third-order valence-electron chi connectivity index (χ3n) is 5.25. The standard InChI is InChI=1S/C20H24F6N4O/c1-3-4-8-30-18(10-16(28-30)20(24,25)26)31-15-7-9-29(12-13(15)2)17-6-5-14(11-27-17)19(21,22)23/h5-6,10-11,13,15H,3-4,7-9,12H2,1-2H3/t13-,15+/m0/s1. The maximum absolute atomic E-state index is 13.1. The maximum atomic E-state index is 13.1. The first-order chi connectivity index (χ1) is 14.5. The molecule has 2 atom stereocenters. The van der Waals surface area contributed by atoms with Gasteiger partial charge in [0.25, 0.3) is 0 Å². The molecule has 0 N–H and O–H groups in total. The number of aryl methyl sites for hydroxylation is 1. The molecule has 31 heavy (non-hydrogen) atoms. The molecule has 0 bridgehead atoms. The van der Waals surface area contributed by atoms with E-state index < -0.39 is 23.6 Å². The fraction of sp³-hybridized carbons (Fsp3) is 0.600. The summed E-state index contributed by atoms with van der Waals surface area (Å²) in [6, 6.07) is 3.23. The Balaban J connectivity index is 1.68. The number of halogens is 6. The highest BCUT2D eigenvalue weighted by molar-refractivity contribution is 5.40. The normalized spacial score (nSPS) is 20.2. The molecule has 1 aliphatic rings. The van der Waals surface area contributed by atoms with Crippen molar-refractivity contribution in [2.24, 2.45) is 5.92 Å². The smallest absolute Gasteiger partial charge is 0.435 e. The van der Waals surface area contributed by atoms with Gasteiger partial charge in [-0.05, 0) is 18.6 Å². The quantitative estimate of drug-likeness (QED) is 0.552. The highest BCUT2D eigenvalue weighted by Gasteiger charge is 2.37. The molecule has 0 radical (unpaired) electrons. The minimum Gasteiger partial charge on any atom is -0.474 e. The Morgan fingerprint density at radius 2 is 1.87 bits per heavy atom. The number of hydrogen-bond acceptors (Lipinski definition) is 4. The van der Waals surface area contributed by atoms with Crippen molar-refractivity contribution in [3.8, 4) is 5.88 Å². The lowest BCUT2D eigenvalue weighted by atomic mass is 9.96. The maximum Gasteiger partial charge on any atom is 0.435 e. The van der Waals surface area contributed by atoms with Crippen LogP contribution in [0.3, 0.4) is 0 Å². The Hall–Kier alpha value is -2.46. The van der Waals surface area contributed by atoms with Gasteiger partial charge in [-0.25, -0.2) is 9.67 Å². The average Bonchev–Trinajstić information content (AvgIpc) is 3.10. The van der Waals surface area contributed by atoms with E-state index in [-0.39, 0.29) is 17.9 Å². The number of unbranched alkanes of at least 4 members (excludes halogenated alkanes) is 1. The van der Waals surface area contributed by atoms with Crippen LogP contribution in [0, 0.1) is 5.92 Å². The Morgan fingerprint density at radius 1 is 1.13 bits per heavy atom. The van der Waals surface area contributed by atoms with Crippen LogP contribution in [0.1, 0.15) is 44.4 Å². The van der Waals surface area contributed by atoms with E-state index in [0.29, 0.717) is 38.3 Å². The molecule has 1 fully saturated rings. The van der Waals surface area contributed by atoms with Gasteiger partial charge in [0.05, 0.1) is 5.56 Å². The summed E-state index contributed by atoms with van der Waals surface area (Å²) in [7, 11) is 0. The molecule has 11 heteroatoms. The van der Waals surface area contributed by atoms with Crippen LogP contribution in [0.2, 0.25) is 0 Å². The van der Waals surface area contributed by atoms with Crippen molar-refractivity contribution in [3.05, 3.63) is 35.7 Å². The van der Waals surface area contributed by atoms with Crippen LogP contribution >= 0.6 is 0 Å². The van der Waals surface area contributed by atoms with Crippen LogP contribution in [0.4, 0.5) is 32.2 Å². The zero-order valence-corrected chi connectivity index (χ0v) is 17.2. The van der Waals surface area contributed by atoms with Crippen molar-refractivity contribution in [2.45, 2.75) is 58.1 Å². The largest absolute Gasteiger partial charge is 0.474 e. The second-order valence-electron chi connectivity index (χ2n) is 7.71. The van der Waals surface area contributed by atoms with Gasteiger partial charge in [0, 0.05) is 44.2 Å². The van der Waals surface area contributed by atoms with E-state index >= 15 is 0 Å². The van der Waals surface area contributed by atoms with Gasteiger partial charge in [-0.15, -0.1) is 0 Å². The fourth-order valence-electron chi connectivity index (χ4n) is 3.50. The summed E-state index contributed by atoms with van der Waals surface area (Å²) in [6.45, 7) is 5.06. The van der Waals surface area contributed by atoms with Crippen LogP contribution in [0.25, 0.3) is 0 Å². The SMILES string of the molecule is CCCCn1nc(C(F)(F)F)cc1O[C@@H]1CCN(c2ccc(C(F)(F)F)cn2)C[C@@H]1C. The van der Waals surface area contributed by atoms with Crippen LogP contribution in [-0.2, 0) is 18.9 Å². The molecule has 0 amide bonds. The summed E-state index contributed by atoms with van der Waals surface area (Å²) in [4.78, 5) is 5.76. The molecule has 3 heterocycles. The Bertz CT molecular complexity index is 862. The van der Waals surface area contributed by atoms with E-state index in [1.807, 2.05) is 18.7 Å². The number of piperidine rings is 1. The number of pyridine rings is 1.